The molecule has 0 heterocycles. The Morgan fingerprint density at radius 3 is 2.44 bits per heavy atom. The van der Waals surface area contributed by atoms with Crippen molar-refractivity contribution in [1.29, 1.82) is 0 Å². The number of hydrogen-bond donors (Lipinski definition) is 1. The van der Waals surface area contributed by atoms with E-state index in [1.54, 1.807) is 0 Å². The van der Waals surface area contributed by atoms with E-state index in [9.17, 15) is 0 Å². The summed E-state index contributed by atoms with van der Waals surface area (Å²) in [7, 11) is 0. The minimum Gasteiger partial charge on any atom is -0.324 e. The van der Waals surface area contributed by atoms with Crippen LogP contribution in [0.3, 0.4) is 0 Å². The first-order chi connectivity index (χ1) is 7.50. The van der Waals surface area contributed by atoms with Crippen molar-refractivity contribution in [2.24, 2.45) is 11.7 Å². The molecule has 0 radical (unpaired) electrons. The van der Waals surface area contributed by atoms with Crippen molar-refractivity contribution in [1.82, 2.24) is 0 Å². The van der Waals surface area contributed by atoms with Crippen LogP contribution >= 0.6 is 0 Å². The molecule has 1 atom stereocenters. The zero-order valence-corrected chi connectivity index (χ0v) is 11.1. The van der Waals surface area contributed by atoms with Crippen LogP contribution in [0.2, 0.25) is 0 Å². The average Bonchev–Trinajstić information content (AvgIpc) is 2.21. The van der Waals surface area contributed by atoms with Gasteiger partial charge in [0, 0.05) is 6.04 Å². The second kappa shape index (κ2) is 6.05. The van der Waals surface area contributed by atoms with Crippen molar-refractivity contribution in [3.63, 3.8) is 0 Å². The van der Waals surface area contributed by atoms with Gasteiger partial charge in [-0.15, -0.1) is 0 Å². The topological polar surface area (TPSA) is 26.0 Å². The normalized spacial score (nSPS) is 13.1. The summed E-state index contributed by atoms with van der Waals surface area (Å²) in [5.74, 6) is 0.783. The van der Waals surface area contributed by atoms with Crippen LogP contribution in [0.15, 0.2) is 18.2 Å². The van der Waals surface area contributed by atoms with Gasteiger partial charge in [-0.05, 0) is 37.3 Å². The quantitative estimate of drug-likeness (QED) is 0.791. The SMILES string of the molecule is Cc1ccc(C)c(C(N)CCCC(C)C)c1. The Kier molecular flexibility index (Phi) is 5.01. The highest BCUT2D eigenvalue weighted by atomic mass is 14.6. The van der Waals surface area contributed by atoms with E-state index in [-0.39, 0.29) is 6.04 Å². The molecule has 0 saturated carbocycles. The Labute approximate surface area is 100 Å². The van der Waals surface area contributed by atoms with Gasteiger partial charge in [-0.1, -0.05) is 50.5 Å². The van der Waals surface area contributed by atoms with Crippen molar-refractivity contribution in [2.75, 3.05) is 0 Å². The van der Waals surface area contributed by atoms with Crippen LogP contribution < -0.4 is 5.73 Å². The summed E-state index contributed by atoms with van der Waals surface area (Å²) in [6, 6.07) is 6.76. The molecule has 0 aliphatic heterocycles. The summed E-state index contributed by atoms with van der Waals surface area (Å²) in [6.45, 7) is 8.81. The maximum absolute atomic E-state index is 6.25. The number of nitrogens with two attached hydrogens (primary N) is 1. The van der Waals surface area contributed by atoms with E-state index in [0.717, 1.165) is 12.3 Å². The van der Waals surface area contributed by atoms with Crippen LogP contribution in [0, 0.1) is 19.8 Å². The van der Waals surface area contributed by atoms with Gasteiger partial charge in [0.05, 0.1) is 0 Å². The third-order valence-electron chi connectivity index (χ3n) is 3.13. The maximum Gasteiger partial charge on any atom is 0.0297 e. The van der Waals surface area contributed by atoms with E-state index in [1.807, 2.05) is 0 Å². The summed E-state index contributed by atoms with van der Waals surface area (Å²) in [4.78, 5) is 0. The Balaban J connectivity index is 2.58. The first-order valence-electron chi connectivity index (χ1n) is 6.33. The molecule has 0 aliphatic carbocycles. The Bertz CT molecular complexity index is 328. The lowest BCUT2D eigenvalue weighted by Crippen LogP contribution is -2.12. The van der Waals surface area contributed by atoms with Gasteiger partial charge in [0.25, 0.3) is 0 Å². The number of benzene rings is 1. The predicted octanol–water partition coefficient (Wildman–Crippen LogP) is 4.13. The second-order valence-corrected chi connectivity index (χ2v) is 5.29. The largest absolute Gasteiger partial charge is 0.324 e. The fourth-order valence-electron chi connectivity index (χ4n) is 2.06. The summed E-state index contributed by atoms with van der Waals surface area (Å²) < 4.78 is 0. The molecule has 1 aromatic carbocycles. The van der Waals surface area contributed by atoms with Gasteiger partial charge in [0.1, 0.15) is 0 Å². The van der Waals surface area contributed by atoms with Crippen molar-refractivity contribution in [2.45, 2.75) is 53.0 Å². The van der Waals surface area contributed by atoms with Crippen LogP contribution in [0.5, 0.6) is 0 Å². The molecule has 0 spiro atoms. The molecule has 0 fully saturated rings. The molecular formula is C15H25N. The molecule has 1 rings (SSSR count). The van der Waals surface area contributed by atoms with Gasteiger partial charge in [0.2, 0.25) is 0 Å². The zero-order chi connectivity index (χ0) is 12.1. The molecule has 90 valence electrons. The lowest BCUT2D eigenvalue weighted by Gasteiger charge is -2.16. The third kappa shape index (κ3) is 3.97. The van der Waals surface area contributed by atoms with Crippen molar-refractivity contribution in [3.05, 3.63) is 34.9 Å². The molecule has 1 aromatic rings. The van der Waals surface area contributed by atoms with Crippen molar-refractivity contribution >= 4 is 0 Å². The van der Waals surface area contributed by atoms with E-state index in [1.165, 1.54) is 29.5 Å². The van der Waals surface area contributed by atoms with Gasteiger partial charge in [-0.25, -0.2) is 0 Å². The number of hydrogen-bond acceptors (Lipinski definition) is 1. The van der Waals surface area contributed by atoms with Crippen LogP contribution in [0.25, 0.3) is 0 Å². The Morgan fingerprint density at radius 1 is 1.12 bits per heavy atom. The lowest BCUT2D eigenvalue weighted by molar-refractivity contribution is 0.505. The molecule has 0 amide bonds. The van der Waals surface area contributed by atoms with Gasteiger partial charge >= 0.3 is 0 Å². The zero-order valence-electron chi connectivity index (χ0n) is 11.1. The molecule has 0 aliphatic rings. The Morgan fingerprint density at radius 2 is 1.81 bits per heavy atom. The monoisotopic (exact) mass is 219 g/mol. The van der Waals surface area contributed by atoms with Gasteiger partial charge in [-0.3, -0.25) is 0 Å². The van der Waals surface area contributed by atoms with Crippen molar-refractivity contribution in [3.8, 4) is 0 Å². The molecule has 1 heteroatoms. The fraction of sp³-hybridized carbons (Fsp3) is 0.600. The molecule has 1 nitrogen and oxygen atoms in total. The predicted molar refractivity (Wildman–Crippen MR) is 71.5 cm³/mol. The van der Waals surface area contributed by atoms with E-state index in [0.29, 0.717) is 0 Å². The molecule has 16 heavy (non-hydrogen) atoms. The van der Waals surface area contributed by atoms with Crippen LogP contribution in [0.1, 0.15) is 55.8 Å². The third-order valence-corrected chi connectivity index (χ3v) is 3.13. The lowest BCUT2D eigenvalue weighted by atomic mass is 9.94. The molecular weight excluding hydrogens is 194 g/mol. The van der Waals surface area contributed by atoms with Crippen LogP contribution in [0.4, 0.5) is 0 Å². The van der Waals surface area contributed by atoms with Crippen molar-refractivity contribution < 1.29 is 0 Å². The van der Waals surface area contributed by atoms with E-state index in [2.05, 4.69) is 45.9 Å². The highest BCUT2D eigenvalue weighted by molar-refractivity contribution is 5.32. The van der Waals surface area contributed by atoms with Gasteiger partial charge < -0.3 is 5.73 Å². The average molecular weight is 219 g/mol. The molecule has 2 N–H and O–H groups in total. The van der Waals surface area contributed by atoms with Gasteiger partial charge in [-0.2, -0.15) is 0 Å². The molecule has 1 unspecified atom stereocenters. The molecule has 0 saturated heterocycles. The molecule has 0 aromatic heterocycles. The highest BCUT2D eigenvalue weighted by Crippen LogP contribution is 2.22. The minimum absolute atomic E-state index is 0.207. The fourth-order valence-corrected chi connectivity index (χ4v) is 2.06. The van der Waals surface area contributed by atoms with Crippen LogP contribution in [-0.4, -0.2) is 0 Å². The highest BCUT2D eigenvalue weighted by Gasteiger charge is 2.09. The van der Waals surface area contributed by atoms with Gasteiger partial charge in [0.15, 0.2) is 0 Å². The summed E-state index contributed by atoms with van der Waals surface area (Å²) in [5.41, 5.74) is 10.2. The summed E-state index contributed by atoms with van der Waals surface area (Å²) in [6.07, 6.45) is 3.60. The van der Waals surface area contributed by atoms with Crippen LogP contribution in [-0.2, 0) is 0 Å². The standard InChI is InChI=1S/C15H25N/c1-11(2)6-5-7-15(16)14-10-12(3)8-9-13(14)4/h8-11,15H,5-7,16H2,1-4H3. The number of aryl methyl sites for hydroxylation is 2. The van der Waals surface area contributed by atoms with E-state index < -0.39 is 0 Å². The van der Waals surface area contributed by atoms with E-state index in [4.69, 9.17) is 5.73 Å². The Hall–Kier alpha value is -0.820. The number of rotatable bonds is 5. The smallest absolute Gasteiger partial charge is 0.0297 e. The molecule has 0 bridgehead atoms. The first-order valence-corrected chi connectivity index (χ1v) is 6.33. The summed E-state index contributed by atoms with van der Waals surface area (Å²) in [5, 5.41) is 0. The first kappa shape index (κ1) is 13.2. The second-order valence-electron chi connectivity index (χ2n) is 5.29. The minimum atomic E-state index is 0.207. The van der Waals surface area contributed by atoms with E-state index >= 15 is 0 Å². The maximum atomic E-state index is 6.25. The summed E-state index contributed by atoms with van der Waals surface area (Å²) >= 11 is 0.